The van der Waals surface area contributed by atoms with Gasteiger partial charge in [0.25, 0.3) is 0 Å². The SMILES string of the molecule is CCOC(CC)C(=O)C1CC1c1ccccc1. The monoisotopic (exact) mass is 232 g/mol. The van der Waals surface area contributed by atoms with Gasteiger partial charge >= 0.3 is 0 Å². The lowest BCUT2D eigenvalue weighted by molar-refractivity contribution is -0.131. The Labute approximate surface area is 103 Å². The van der Waals surface area contributed by atoms with Gasteiger partial charge in [-0.05, 0) is 31.2 Å². The molecule has 92 valence electrons. The summed E-state index contributed by atoms with van der Waals surface area (Å²) in [6, 6.07) is 10.3. The molecule has 0 spiro atoms. The summed E-state index contributed by atoms with van der Waals surface area (Å²) in [5.41, 5.74) is 1.29. The van der Waals surface area contributed by atoms with Crippen LogP contribution in [0.1, 0.15) is 38.2 Å². The molecule has 0 aliphatic heterocycles. The average molecular weight is 232 g/mol. The minimum atomic E-state index is -0.196. The van der Waals surface area contributed by atoms with E-state index < -0.39 is 0 Å². The van der Waals surface area contributed by atoms with Gasteiger partial charge in [-0.15, -0.1) is 0 Å². The molecule has 2 nitrogen and oxygen atoms in total. The number of ketones is 1. The highest BCUT2D eigenvalue weighted by atomic mass is 16.5. The fourth-order valence-electron chi connectivity index (χ4n) is 2.42. The maximum Gasteiger partial charge on any atom is 0.165 e. The van der Waals surface area contributed by atoms with Crippen molar-refractivity contribution in [3.63, 3.8) is 0 Å². The lowest BCUT2D eigenvalue weighted by Crippen LogP contribution is -2.25. The third-order valence-electron chi connectivity index (χ3n) is 3.44. The number of carbonyl (C=O) groups excluding carboxylic acids is 1. The van der Waals surface area contributed by atoms with Crippen LogP contribution >= 0.6 is 0 Å². The smallest absolute Gasteiger partial charge is 0.165 e. The molecule has 1 aliphatic carbocycles. The quantitative estimate of drug-likeness (QED) is 0.753. The fraction of sp³-hybridized carbons (Fsp3) is 0.533. The van der Waals surface area contributed by atoms with Gasteiger partial charge < -0.3 is 4.74 Å². The van der Waals surface area contributed by atoms with Crippen LogP contribution in [0.25, 0.3) is 0 Å². The highest BCUT2D eigenvalue weighted by Crippen LogP contribution is 2.48. The molecule has 0 saturated heterocycles. The predicted molar refractivity (Wildman–Crippen MR) is 68.0 cm³/mol. The summed E-state index contributed by atoms with van der Waals surface area (Å²) < 4.78 is 5.49. The lowest BCUT2D eigenvalue weighted by atomic mass is 10.0. The molecule has 1 fully saturated rings. The van der Waals surface area contributed by atoms with Crippen molar-refractivity contribution >= 4 is 5.78 Å². The van der Waals surface area contributed by atoms with Crippen molar-refractivity contribution in [2.24, 2.45) is 5.92 Å². The molecular weight excluding hydrogens is 212 g/mol. The van der Waals surface area contributed by atoms with Gasteiger partial charge in [-0.25, -0.2) is 0 Å². The van der Waals surface area contributed by atoms with E-state index in [9.17, 15) is 4.79 Å². The van der Waals surface area contributed by atoms with Crippen LogP contribution in [0.5, 0.6) is 0 Å². The largest absolute Gasteiger partial charge is 0.371 e. The third kappa shape index (κ3) is 2.75. The van der Waals surface area contributed by atoms with Gasteiger partial charge in [0.15, 0.2) is 5.78 Å². The van der Waals surface area contributed by atoms with Gasteiger partial charge in [0, 0.05) is 12.5 Å². The minimum absolute atomic E-state index is 0.189. The summed E-state index contributed by atoms with van der Waals surface area (Å²) in [6.07, 6.45) is 1.58. The maximum absolute atomic E-state index is 12.2. The van der Waals surface area contributed by atoms with E-state index in [1.807, 2.05) is 32.0 Å². The first kappa shape index (κ1) is 12.3. The number of ether oxygens (including phenoxy) is 1. The van der Waals surface area contributed by atoms with E-state index in [-0.39, 0.29) is 12.0 Å². The first-order chi connectivity index (χ1) is 8.27. The summed E-state index contributed by atoms with van der Waals surface area (Å²) in [5, 5.41) is 0. The maximum atomic E-state index is 12.2. The zero-order valence-electron chi connectivity index (χ0n) is 10.6. The zero-order chi connectivity index (χ0) is 12.3. The van der Waals surface area contributed by atoms with Gasteiger partial charge in [-0.2, -0.15) is 0 Å². The summed E-state index contributed by atoms with van der Waals surface area (Å²) in [5.74, 6) is 0.912. The Balaban J connectivity index is 1.96. The molecule has 3 unspecified atom stereocenters. The Bertz CT molecular complexity index is 372. The van der Waals surface area contributed by atoms with Crippen LogP contribution in [0.3, 0.4) is 0 Å². The van der Waals surface area contributed by atoms with Crippen molar-refractivity contribution in [3.8, 4) is 0 Å². The van der Waals surface area contributed by atoms with Crippen molar-refractivity contribution in [2.75, 3.05) is 6.61 Å². The van der Waals surface area contributed by atoms with E-state index in [0.717, 1.165) is 12.8 Å². The van der Waals surface area contributed by atoms with Gasteiger partial charge in [-0.1, -0.05) is 37.3 Å². The second-order valence-electron chi connectivity index (χ2n) is 4.61. The molecule has 1 aromatic rings. The van der Waals surface area contributed by atoms with Crippen molar-refractivity contribution < 1.29 is 9.53 Å². The van der Waals surface area contributed by atoms with Crippen molar-refractivity contribution in [1.29, 1.82) is 0 Å². The second kappa shape index (κ2) is 5.46. The molecule has 0 bridgehead atoms. The fourth-order valence-corrected chi connectivity index (χ4v) is 2.42. The molecule has 0 N–H and O–H groups in total. The van der Waals surface area contributed by atoms with Crippen molar-refractivity contribution in [1.82, 2.24) is 0 Å². The first-order valence-electron chi connectivity index (χ1n) is 6.48. The lowest BCUT2D eigenvalue weighted by Gasteiger charge is -2.13. The summed E-state index contributed by atoms with van der Waals surface area (Å²) >= 11 is 0. The normalized spacial score (nSPS) is 24.4. The number of benzene rings is 1. The minimum Gasteiger partial charge on any atom is -0.371 e. The molecule has 1 aliphatic rings. The van der Waals surface area contributed by atoms with Crippen LogP contribution in [-0.4, -0.2) is 18.5 Å². The molecule has 3 atom stereocenters. The number of hydrogen-bond acceptors (Lipinski definition) is 2. The zero-order valence-corrected chi connectivity index (χ0v) is 10.6. The standard InChI is InChI=1S/C15H20O2/c1-3-14(17-4-2)15(16)13-10-12(13)11-8-6-5-7-9-11/h5-9,12-14H,3-4,10H2,1-2H3. The van der Waals surface area contributed by atoms with E-state index in [0.29, 0.717) is 18.3 Å². The van der Waals surface area contributed by atoms with Crippen LogP contribution in [-0.2, 0) is 9.53 Å². The highest BCUT2D eigenvalue weighted by molar-refractivity contribution is 5.89. The Kier molecular flexibility index (Phi) is 3.95. The Morgan fingerprint density at radius 1 is 1.35 bits per heavy atom. The summed E-state index contributed by atoms with van der Waals surface area (Å²) in [7, 11) is 0. The molecule has 2 rings (SSSR count). The van der Waals surface area contributed by atoms with Gasteiger partial charge in [0.1, 0.15) is 6.10 Å². The Morgan fingerprint density at radius 2 is 2.06 bits per heavy atom. The molecule has 17 heavy (non-hydrogen) atoms. The predicted octanol–water partition coefficient (Wildman–Crippen LogP) is 3.17. The van der Waals surface area contributed by atoms with E-state index in [1.165, 1.54) is 5.56 Å². The van der Waals surface area contributed by atoms with Gasteiger partial charge in [0.05, 0.1) is 0 Å². The third-order valence-corrected chi connectivity index (χ3v) is 3.44. The van der Waals surface area contributed by atoms with Crippen molar-refractivity contribution in [3.05, 3.63) is 35.9 Å². The average Bonchev–Trinajstić information content (AvgIpc) is 3.16. The first-order valence-corrected chi connectivity index (χ1v) is 6.48. The van der Waals surface area contributed by atoms with E-state index >= 15 is 0 Å². The van der Waals surface area contributed by atoms with Gasteiger partial charge in [-0.3, -0.25) is 4.79 Å². The van der Waals surface area contributed by atoms with Crippen LogP contribution in [0, 0.1) is 5.92 Å². The molecule has 1 aromatic carbocycles. The number of Topliss-reactive ketones (excluding diaryl/α,β-unsaturated/α-hetero) is 1. The molecule has 0 heterocycles. The Morgan fingerprint density at radius 3 is 2.65 bits per heavy atom. The van der Waals surface area contributed by atoms with Crippen LogP contribution in [0.15, 0.2) is 30.3 Å². The number of carbonyl (C=O) groups is 1. The molecule has 0 radical (unpaired) electrons. The summed E-state index contributed by atoms with van der Waals surface area (Å²) in [4.78, 5) is 12.2. The van der Waals surface area contributed by atoms with Crippen LogP contribution in [0.2, 0.25) is 0 Å². The molecule has 0 amide bonds. The molecule has 2 heteroatoms. The van der Waals surface area contributed by atoms with Crippen LogP contribution in [0.4, 0.5) is 0 Å². The van der Waals surface area contributed by atoms with E-state index in [1.54, 1.807) is 0 Å². The topological polar surface area (TPSA) is 26.3 Å². The van der Waals surface area contributed by atoms with Crippen molar-refractivity contribution in [2.45, 2.75) is 38.7 Å². The molecular formula is C15H20O2. The molecule has 1 saturated carbocycles. The molecule has 0 aromatic heterocycles. The number of hydrogen-bond donors (Lipinski definition) is 0. The van der Waals surface area contributed by atoms with Gasteiger partial charge in [0.2, 0.25) is 0 Å². The van der Waals surface area contributed by atoms with E-state index in [2.05, 4.69) is 12.1 Å². The van der Waals surface area contributed by atoms with E-state index in [4.69, 9.17) is 4.74 Å². The highest BCUT2D eigenvalue weighted by Gasteiger charge is 2.45. The number of rotatable bonds is 6. The Hall–Kier alpha value is -1.15. The van der Waals surface area contributed by atoms with Crippen LogP contribution < -0.4 is 0 Å². The summed E-state index contributed by atoms with van der Waals surface area (Å²) in [6.45, 7) is 4.57. The second-order valence-corrected chi connectivity index (χ2v) is 4.61.